The molecule has 5 heteroatoms. The van der Waals surface area contributed by atoms with Crippen molar-refractivity contribution < 1.29 is 9.59 Å². The number of nitrogens with one attached hydrogen (secondary N) is 1. The van der Waals surface area contributed by atoms with Gasteiger partial charge in [0.2, 0.25) is 11.8 Å². The summed E-state index contributed by atoms with van der Waals surface area (Å²) in [5, 5.41) is 1.92. The largest absolute Gasteiger partial charge is 0.342 e. The fraction of sp³-hybridized carbons (Fsp3) is 0.391. The van der Waals surface area contributed by atoms with Crippen molar-refractivity contribution in [3.63, 3.8) is 0 Å². The van der Waals surface area contributed by atoms with Crippen molar-refractivity contribution in [2.24, 2.45) is 11.8 Å². The number of benzene rings is 2. The molecule has 146 valence electrons. The number of anilines is 1. The van der Waals surface area contributed by atoms with Gasteiger partial charge in [0.1, 0.15) is 0 Å². The van der Waals surface area contributed by atoms with Crippen LogP contribution < -0.4 is 10.4 Å². The van der Waals surface area contributed by atoms with Crippen LogP contribution in [0.2, 0.25) is 0 Å². The summed E-state index contributed by atoms with van der Waals surface area (Å²) in [5.41, 5.74) is 5.22. The first kappa shape index (κ1) is 18.5. The van der Waals surface area contributed by atoms with E-state index in [4.69, 9.17) is 0 Å². The van der Waals surface area contributed by atoms with Crippen molar-refractivity contribution in [1.82, 2.24) is 10.3 Å². The van der Waals surface area contributed by atoms with Crippen molar-refractivity contribution in [3.8, 4) is 0 Å². The maximum absolute atomic E-state index is 12.9. The van der Waals surface area contributed by atoms with E-state index in [0.29, 0.717) is 19.6 Å². The number of likely N-dealkylation sites (tertiary alicyclic amines) is 1. The number of amides is 2. The summed E-state index contributed by atoms with van der Waals surface area (Å²) in [4.78, 5) is 27.1. The Balaban J connectivity index is 1.39. The highest BCUT2D eigenvalue weighted by atomic mass is 16.2. The Morgan fingerprint density at radius 1 is 0.857 bits per heavy atom. The average molecular weight is 377 g/mol. The van der Waals surface area contributed by atoms with Crippen LogP contribution in [-0.4, -0.2) is 29.8 Å². The molecule has 0 spiro atoms. The number of para-hydroxylation sites is 1. The fourth-order valence-corrected chi connectivity index (χ4v) is 3.74. The maximum Gasteiger partial charge on any atom is 0.241 e. The van der Waals surface area contributed by atoms with E-state index in [1.165, 1.54) is 0 Å². The standard InChI is InChI=1S/C23H27N3O2/c27-22(19-13-15-25(16-14-19)23(28)20-11-12-20)24-26(21-9-5-2-6-10-21)17-18-7-3-1-4-8-18/h1-10,19-20H,11-17H2,(H,24,27). The lowest BCUT2D eigenvalue weighted by Crippen LogP contribution is -2.48. The molecule has 2 aliphatic rings. The van der Waals surface area contributed by atoms with Gasteiger partial charge in [0.05, 0.1) is 12.2 Å². The molecule has 1 N–H and O–H groups in total. The Hall–Kier alpha value is -2.82. The third-order valence-electron chi connectivity index (χ3n) is 5.60. The van der Waals surface area contributed by atoms with Crippen LogP contribution in [0.25, 0.3) is 0 Å². The quantitative estimate of drug-likeness (QED) is 0.786. The lowest BCUT2D eigenvalue weighted by molar-refractivity contribution is -0.136. The third-order valence-corrected chi connectivity index (χ3v) is 5.60. The van der Waals surface area contributed by atoms with E-state index in [0.717, 1.165) is 36.9 Å². The highest BCUT2D eigenvalue weighted by molar-refractivity contribution is 5.83. The average Bonchev–Trinajstić information content (AvgIpc) is 3.60. The lowest BCUT2D eigenvalue weighted by Gasteiger charge is -2.33. The topological polar surface area (TPSA) is 52.7 Å². The Bertz CT molecular complexity index is 797. The number of rotatable bonds is 6. The van der Waals surface area contributed by atoms with Gasteiger partial charge in [-0.25, -0.2) is 0 Å². The second-order valence-corrected chi connectivity index (χ2v) is 7.76. The summed E-state index contributed by atoms with van der Waals surface area (Å²) in [6.45, 7) is 1.99. The molecule has 0 atom stereocenters. The van der Waals surface area contributed by atoms with Gasteiger partial charge in [0.25, 0.3) is 0 Å². The second-order valence-electron chi connectivity index (χ2n) is 7.76. The van der Waals surface area contributed by atoms with Gasteiger partial charge in [0.15, 0.2) is 0 Å². The first-order chi connectivity index (χ1) is 13.7. The molecule has 0 bridgehead atoms. The van der Waals surface area contributed by atoms with Crippen molar-refractivity contribution in [2.45, 2.75) is 32.2 Å². The summed E-state index contributed by atoms with van der Waals surface area (Å²) in [7, 11) is 0. The van der Waals surface area contributed by atoms with Gasteiger partial charge in [-0.05, 0) is 43.4 Å². The Labute approximate surface area is 166 Å². The molecular formula is C23H27N3O2. The molecule has 0 unspecified atom stereocenters. The molecule has 1 heterocycles. The number of nitrogens with zero attached hydrogens (tertiary/aromatic N) is 2. The molecular weight excluding hydrogens is 350 g/mol. The summed E-state index contributed by atoms with van der Waals surface area (Å²) in [5.74, 6) is 0.530. The molecule has 5 nitrogen and oxygen atoms in total. The zero-order valence-electron chi connectivity index (χ0n) is 16.1. The second kappa shape index (κ2) is 8.46. The monoisotopic (exact) mass is 377 g/mol. The summed E-state index contributed by atoms with van der Waals surface area (Å²) < 4.78 is 0. The minimum atomic E-state index is -0.0507. The number of hydrogen-bond acceptors (Lipinski definition) is 3. The summed E-state index contributed by atoms with van der Waals surface area (Å²) in [6, 6.07) is 20.0. The van der Waals surface area contributed by atoms with E-state index in [1.807, 2.05) is 58.4 Å². The van der Waals surface area contributed by atoms with Crippen LogP contribution in [0.15, 0.2) is 60.7 Å². The van der Waals surface area contributed by atoms with Gasteiger partial charge in [-0.1, -0.05) is 48.5 Å². The summed E-state index contributed by atoms with van der Waals surface area (Å²) >= 11 is 0. The highest BCUT2D eigenvalue weighted by Crippen LogP contribution is 2.32. The maximum atomic E-state index is 12.9. The first-order valence-electron chi connectivity index (χ1n) is 10.2. The number of hydrazine groups is 1. The van der Waals surface area contributed by atoms with Crippen LogP contribution in [-0.2, 0) is 16.1 Å². The molecule has 2 amide bonds. The van der Waals surface area contributed by atoms with Gasteiger partial charge in [0, 0.05) is 24.9 Å². The molecule has 2 fully saturated rings. The van der Waals surface area contributed by atoms with Crippen molar-refractivity contribution in [2.75, 3.05) is 18.1 Å². The van der Waals surface area contributed by atoms with E-state index in [9.17, 15) is 9.59 Å². The molecule has 1 aliphatic heterocycles. The van der Waals surface area contributed by atoms with Crippen molar-refractivity contribution >= 4 is 17.5 Å². The molecule has 2 aromatic rings. The summed E-state index contributed by atoms with van der Waals surface area (Å²) in [6.07, 6.45) is 3.53. The number of hydrogen-bond donors (Lipinski definition) is 1. The third kappa shape index (κ3) is 4.53. The molecule has 0 radical (unpaired) electrons. The normalized spacial score (nSPS) is 17.2. The van der Waals surface area contributed by atoms with Crippen LogP contribution in [0.3, 0.4) is 0 Å². The van der Waals surface area contributed by atoms with Crippen molar-refractivity contribution in [1.29, 1.82) is 0 Å². The molecule has 4 rings (SSSR count). The predicted octanol–water partition coefficient (Wildman–Crippen LogP) is 3.37. The van der Waals surface area contributed by atoms with Gasteiger partial charge in [-0.3, -0.25) is 20.0 Å². The van der Waals surface area contributed by atoms with Gasteiger partial charge in [-0.15, -0.1) is 0 Å². The lowest BCUT2D eigenvalue weighted by atomic mass is 9.96. The SMILES string of the molecule is O=C(NN(Cc1ccccc1)c1ccccc1)C1CCN(C(=O)C2CC2)CC1. The number of carbonyl (C=O) groups is 2. The molecule has 1 saturated carbocycles. The van der Waals surface area contributed by atoms with Crippen LogP contribution in [0.5, 0.6) is 0 Å². The minimum Gasteiger partial charge on any atom is -0.342 e. The van der Waals surface area contributed by atoms with E-state index in [2.05, 4.69) is 17.6 Å². The smallest absolute Gasteiger partial charge is 0.241 e. The predicted molar refractivity (Wildman–Crippen MR) is 109 cm³/mol. The Kier molecular flexibility index (Phi) is 5.60. The van der Waals surface area contributed by atoms with E-state index < -0.39 is 0 Å². The molecule has 2 aromatic carbocycles. The van der Waals surface area contributed by atoms with Crippen LogP contribution >= 0.6 is 0 Å². The molecule has 1 aliphatic carbocycles. The minimum absolute atomic E-state index is 0.0401. The molecule has 0 aromatic heterocycles. The van der Waals surface area contributed by atoms with Gasteiger partial charge < -0.3 is 4.90 Å². The zero-order valence-corrected chi connectivity index (χ0v) is 16.1. The van der Waals surface area contributed by atoms with E-state index >= 15 is 0 Å². The number of carbonyl (C=O) groups excluding carboxylic acids is 2. The molecule has 28 heavy (non-hydrogen) atoms. The Morgan fingerprint density at radius 2 is 1.46 bits per heavy atom. The van der Waals surface area contributed by atoms with Crippen LogP contribution in [0.4, 0.5) is 5.69 Å². The van der Waals surface area contributed by atoms with Crippen molar-refractivity contribution in [3.05, 3.63) is 66.2 Å². The van der Waals surface area contributed by atoms with Crippen LogP contribution in [0, 0.1) is 11.8 Å². The van der Waals surface area contributed by atoms with E-state index in [-0.39, 0.29) is 23.7 Å². The highest BCUT2D eigenvalue weighted by Gasteiger charge is 2.36. The fourth-order valence-electron chi connectivity index (χ4n) is 3.74. The molecule has 1 saturated heterocycles. The van der Waals surface area contributed by atoms with Gasteiger partial charge in [-0.2, -0.15) is 0 Å². The van der Waals surface area contributed by atoms with Gasteiger partial charge >= 0.3 is 0 Å². The number of piperidine rings is 1. The Morgan fingerprint density at radius 3 is 2.07 bits per heavy atom. The van der Waals surface area contributed by atoms with E-state index in [1.54, 1.807) is 0 Å². The van der Waals surface area contributed by atoms with Crippen LogP contribution in [0.1, 0.15) is 31.2 Å². The first-order valence-corrected chi connectivity index (χ1v) is 10.2. The zero-order chi connectivity index (χ0) is 19.3.